The van der Waals surface area contributed by atoms with Gasteiger partial charge in [0.25, 0.3) is 0 Å². The zero-order valence-corrected chi connectivity index (χ0v) is 13.9. The quantitative estimate of drug-likeness (QED) is 0.449. The van der Waals surface area contributed by atoms with Crippen LogP contribution in [0.15, 0.2) is 39.5 Å². The van der Waals surface area contributed by atoms with Crippen molar-refractivity contribution in [2.75, 3.05) is 12.3 Å². The monoisotopic (exact) mass is 325 g/mol. The normalized spacial score (nSPS) is 11.3. The summed E-state index contributed by atoms with van der Waals surface area (Å²) in [4.78, 5) is 24.8. The van der Waals surface area contributed by atoms with Gasteiger partial charge in [0.15, 0.2) is 0 Å². The molecule has 0 radical (unpaired) electrons. The molecule has 0 aliphatic carbocycles. The number of fused-ring (bicyclic) bond motifs is 2. The van der Waals surface area contributed by atoms with Crippen molar-refractivity contribution in [3.8, 4) is 0 Å². The predicted molar refractivity (Wildman–Crippen MR) is 94.4 cm³/mol. The van der Waals surface area contributed by atoms with E-state index in [0.29, 0.717) is 27.9 Å². The lowest BCUT2D eigenvalue weighted by Gasteiger charge is -2.09. The Morgan fingerprint density at radius 1 is 1.17 bits per heavy atom. The number of nitrogen functional groups attached to an aromatic ring is 1. The van der Waals surface area contributed by atoms with E-state index in [1.165, 1.54) is 12.1 Å². The highest BCUT2D eigenvalue weighted by molar-refractivity contribution is 6.01. The van der Waals surface area contributed by atoms with Gasteiger partial charge < -0.3 is 14.9 Å². The summed E-state index contributed by atoms with van der Waals surface area (Å²) in [7, 11) is 0. The van der Waals surface area contributed by atoms with Crippen LogP contribution in [-0.4, -0.2) is 12.6 Å². The maximum Gasteiger partial charge on any atom is 0.340 e. The van der Waals surface area contributed by atoms with Crippen molar-refractivity contribution in [2.45, 2.75) is 26.7 Å². The van der Waals surface area contributed by atoms with Gasteiger partial charge in [0, 0.05) is 11.8 Å². The van der Waals surface area contributed by atoms with Gasteiger partial charge in [-0.05, 0) is 36.6 Å². The molecule has 1 heterocycles. The third-order valence-electron chi connectivity index (χ3n) is 4.03. The van der Waals surface area contributed by atoms with Crippen LogP contribution in [0.3, 0.4) is 0 Å². The summed E-state index contributed by atoms with van der Waals surface area (Å²) in [5, 5.41) is 0.814. The van der Waals surface area contributed by atoms with E-state index in [9.17, 15) is 9.59 Å². The molecule has 0 aliphatic heterocycles. The van der Waals surface area contributed by atoms with Crippen molar-refractivity contribution in [1.29, 1.82) is 0 Å². The summed E-state index contributed by atoms with van der Waals surface area (Å²) < 4.78 is 10.8. The zero-order valence-electron chi connectivity index (χ0n) is 13.9. The molecule has 3 rings (SSSR count). The van der Waals surface area contributed by atoms with Gasteiger partial charge in [0.2, 0.25) is 5.43 Å². The molecule has 124 valence electrons. The SMILES string of the molecule is CCOC(=O)c1cc2c(=O)c3cc(C(C)C)ccc3oc2cc1N. The molecule has 0 unspecified atom stereocenters. The molecule has 0 fully saturated rings. The van der Waals surface area contributed by atoms with E-state index in [1.54, 1.807) is 13.0 Å². The molecule has 0 saturated heterocycles. The number of hydrogen-bond donors (Lipinski definition) is 1. The third kappa shape index (κ3) is 2.62. The van der Waals surface area contributed by atoms with E-state index >= 15 is 0 Å². The minimum atomic E-state index is -0.549. The third-order valence-corrected chi connectivity index (χ3v) is 4.03. The highest BCUT2D eigenvalue weighted by Crippen LogP contribution is 2.26. The van der Waals surface area contributed by atoms with Crippen molar-refractivity contribution in [3.05, 3.63) is 51.7 Å². The van der Waals surface area contributed by atoms with Crippen molar-refractivity contribution in [2.24, 2.45) is 0 Å². The molecule has 5 nitrogen and oxygen atoms in total. The van der Waals surface area contributed by atoms with E-state index in [2.05, 4.69) is 13.8 Å². The fourth-order valence-corrected chi connectivity index (χ4v) is 2.68. The molecule has 2 N–H and O–H groups in total. The van der Waals surface area contributed by atoms with Crippen LogP contribution in [0.4, 0.5) is 5.69 Å². The highest BCUT2D eigenvalue weighted by atomic mass is 16.5. The Hall–Kier alpha value is -2.82. The Morgan fingerprint density at radius 3 is 2.54 bits per heavy atom. The molecule has 0 amide bonds. The van der Waals surface area contributed by atoms with E-state index in [1.807, 2.05) is 12.1 Å². The van der Waals surface area contributed by atoms with Crippen LogP contribution in [0.25, 0.3) is 21.9 Å². The van der Waals surface area contributed by atoms with Crippen molar-refractivity contribution in [3.63, 3.8) is 0 Å². The number of rotatable bonds is 3. The fourth-order valence-electron chi connectivity index (χ4n) is 2.68. The second-order valence-electron chi connectivity index (χ2n) is 6.00. The highest BCUT2D eigenvalue weighted by Gasteiger charge is 2.16. The Morgan fingerprint density at radius 2 is 1.88 bits per heavy atom. The minimum absolute atomic E-state index is 0.177. The molecular formula is C19H19NO4. The van der Waals surface area contributed by atoms with Crippen LogP contribution in [0.1, 0.15) is 42.6 Å². The summed E-state index contributed by atoms with van der Waals surface area (Å²) in [6, 6.07) is 8.53. The van der Waals surface area contributed by atoms with Gasteiger partial charge >= 0.3 is 5.97 Å². The molecular weight excluding hydrogens is 306 g/mol. The maximum absolute atomic E-state index is 12.9. The maximum atomic E-state index is 12.9. The van der Waals surface area contributed by atoms with Crippen molar-refractivity contribution >= 4 is 33.6 Å². The zero-order chi connectivity index (χ0) is 17.4. The summed E-state index contributed by atoms with van der Waals surface area (Å²) in [5.41, 5.74) is 8.04. The van der Waals surface area contributed by atoms with E-state index in [-0.39, 0.29) is 23.3 Å². The molecule has 0 aliphatic rings. The largest absolute Gasteiger partial charge is 0.462 e. The first-order chi connectivity index (χ1) is 11.4. The number of benzene rings is 2. The molecule has 3 aromatic rings. The fraction of sp³-hybridized carbons (Fsp3) is 0.263. The predicted octanol–water partition coefficient (Wildman–Crippen LogP) is 3.83. The average Bonchev–Trinajstić information content (AvgIpc) is 2.54. The van der Waals surface area contributed by atoms with Gasteiger partial charge in [-0.2, -0.15) is 0 Å². The summed E-state index contributed by atoms with van der Waals surface area (Å²) in [6.07, 6.45) is 0. The minimum Gasteiger partial charge on any atom is -0.462 e. The summed E-state index contributed by atoms with van der Waals surface area (Å²) >= 11 is 0. The lowest BCUT2D eigenvalue weighted by Crippen LogP contribution is -2.10. The standard InChI is InChI=1S/C19H19NO4/c1-4-23-19(22)12-8-14-17(9-15(12)20)24-16-6-5-11(10(2)3)7-13(16)18(14)21/h5-10H,4,20H2,1-3H3. The van der Waals surface area contributed by atoms with Crippen LogP contribution in [0, 0.1) is 0 Å². The molecule has 1 aromatic heterocycles. The molecule has 0 bridgehead atoms. The first-order valence-corrected chi connectivity index (χ1v) is 7.89. The van der Waals surface area contributed by atoms with Gasteiger partial charge in [-0.25, -0.2) is 4.79 Å². The number of ether oxygens (including phenoxy) is 1. The molecule has 5 heteroatoms. The number of hydrogen-bond acceptors (Lipinski definition) is 5. The molecule has 0 spiro atoms. The molecule has 2 aromatic carbocycles. The number of esters is 1. The van der Waals surface area contributed by atoms with Crippen LogP contribution < -0.4 is 11.2 Å². The van der Waals surface area contributed by atoms with Crippen molar-refractivity contribution in [1.82, 2.24) is 0 Å². The first kappa shape index (κ1) is 16.1. The van der Waals surface area contributed by atoms with Crippen LogP contribution in [0.5, 0.6) is 0 Å². The summed E-state index contributed by atoms with van der Waals surface area (Å²) in [5.74, 6) is -0.252. The second kappa shape index (κ2) is 6.00. The van der Waals surface area contributed by atoms with Gasteiger partial charge in [-0.3, -0.25) is 4.79 Å². The smallest absolute Gasteiger partial charge is 0.340 e. The van der Waals surface area contributed by atoms with Crippen molar-refractivity contribution < 1.29 is 13.9 Å². The number of anilines is 1. The van der Waals surface area contributed by atoms with E-state index in [0.717, 1.165) is 5.56 Å². The van der Waals surface area contributed by atoms with E-state index in [4.69, 9.17) is 14.9 Å². The molecule has 0 atom stereocenters. The Kier molecular flexibility index (Phi) is 4.01. The van der Waals surface area contributed by atoms with E-state index < -0.39 is 5.97 Å². The number of carbonyl (C=O) groups excluding carboxylic acids is 1. The topological polar surface area (TPSA) is 82.5 Å². The second-order valence-corrected chi connectivity index (χ2v) is 6.00. The first-order valence-electron chi connectivity index (χ1n) is 7.89. The van der Waals surface area contributed by atoms with Crippen LogP contribution in [0.2, 0.25) is 0 Å². The Bertz CT molecular complexity index is 1000. The average molecular weight is 325 g/mol. The van der Waals surface area contributed by atoms with Gasteiger partial charge in [0.1, 0.15) is 11.2 Å². The van der Waals surface area contributed by atoms with Crippen LogP contribution >= 0.6 is 0 Å². The van der Waals surface area contributed by atoms with Gasteiger partial charge in [-0.1, -0.05) is 19.9 Å². The summed E-state index contributed by atoms with van der Waals surface area (Å²) in [6.45, 7) is 6.07. The van der Waals surface area contributed by atoms with Gasteiger partial charge in [0.05, 0.1) is 22.9 Å². The Labute approximate surface area is 139 Å². The van der Waals surface area contributed by atoms with Gasteiger partial charge in [-0.15, -0.1) is 0 Å². The van der Waals surface area contributed by atoms with Crippen LogP contribution in [-0.2, 0) is 4.74 Å². The Balaban J connectivity index is 2.31. The molecule has 0 saturated carbocycles. The lowest BCUT2D eigenvalue weighted by atomic mass is 10.0. The lowest BCUT2D eigenvalue weighted by molar-refractivity contribution is 0.0528. The number of carbonyl (C=O) groups is 1. The molecule has 24 heavy (non-hydrogen) atoms. The number of nitrogens with two attached hydrogens (primary N) is 1.